The largest absolute Gasteiger partial charge is 0.289 e. The molecule has 0 fully saturated rings. The fraction of sp³-hybridized carbons (Fsp3) is 0.500. The Morgan fingerprint density at radius 3 is 2.06 bits per heavy atom. The van der Waals surface area contributed by atoms with Crippen LogP contribution in [0.4, 0.5) is 0 Å². The number of Topliss-reactive ketones (excluding diaryl/α,β-unsaturated/α-hetero) is 1. The zero-order valence-corrected chi connectivity index (χ0v) is 24.2. The minimum atomic E-state index is 0.0441. The lowest BCUT2D eigenvalue weighted by Gasteiger charge is -2.37. The van der Waals surface area contributed by atoms with E-state index in [0.717, 1.165) is 47.1 Å². The van der Waals surface area contributed by atoms with Crippen LogP contribution >= 0.6 is 0 Å². The number of ketones is 1. The predicted molar refractivity (Wildman–Crippen MR) is 154 cm³/mol. The molecule has 0 amide bonds. The lowest BCUT2D eigenvalue weighted by molar-refractivity contribution is -0.112. The summed E-state index contributed by atoms with van der Waals surface area (Å²) in [4.78, 5) is 14.5. The van der Waals surface area contributed by atoms with E-state index in [1.165, 1.54) is 43.8 Å². The van der Waals surface area contributed by atoms with Gasteiger partial charge < -0.3 is 0 Å². The molecule has 0 heterocycles. The Morgan fingerprint density at radius 1 is 0.971 bits per heavy atom. The van der Waals surface area contributed by atoms with Gasteiger partial charge in [-0.1, -0.05) is 73.3 Å². The molecule has 0 aromatic heterocycles. The van der Waals surface area contributed by atoms with Crippen LogP contribution < -0.4 is 10.4 Å². The molecule has 0 N–H and O–H groups in total. The van der Waals surface area contributed by atoms with Crippen molar-refractivity contribution in [3.05, 3.63) is 73.7 Å². The Bertz CT molecular complexity index is 1310. The number of rotatable bonds is 5. The summed E-state index contributed by atoms with van der Waals surface area (Å²) >= 11 is 0. The van der Waals surface area contributed by atoms with Gasteiger partial charge in [0.05, 0.1) is 0 Å². The third-order valence-corrected chi connectivity index (χ3v) is 8.95. The van der Waals surface area contributed by atoms with Crippen LogP contribution in [0.15, 0.2) is 41.0 Å². The average Bonchev–Trinajstić information content (AvgIpc) is 2.89. The number of benzene rings is 1. The van der Waals surface area contributed by atoms with Gasteiger partial charge in [-0.25, -0.2) is 0 Å². The van der Waals surface area contributed by atoms with Crippen molar-refractivity contribution in [2.24, 2.45) is 17.3 Å². The van der Waals surface area contributed by atoms with E-state index in [0.29, 0.717) is 0 Å². The second-order valence-corrected chi connectivity index (χ2v) is 11.9. The topological polar surface area (TPSA) is 17.1 Å². The third-order valence-electron chi connectivity index (χ3n) is 8.95. The van der Waals surface area contributed by atoms with Crippen molar-refractivity contribution in [3.63, 3.8) is 0 Å². The second-order valence-electron chi connectivity index (χ2n) is 11.9. The first kappa shape index (κ1) is 27.2. The van der Waals surface area contributed by atoms with Crippen LogP contribution in [0.3, 0.4) is 0 Å². The smallest absolute Gasteiger partial charge is 0.190 e. The molecule has 2 aliphatic carbocycles. The van der Waals surface area contributed by atoms with Crippen molar-refractivity contribution < 1.29 is 4.79 Å². The summed E-state index contributed by atoms with van der Waals surface area (Å²) < 4.78 is 0. The highest BCUT2D eigenvalue weighted by atomic mass is 16.1. The Kier molecular flexibility index (Phi) is 7.43. The van der Waals surface area contributed by atoms with Gasteiger partial charge in [0.25, 0.3) is 0 Å². The van der Waals surface area contributed by atoms with Gasteiger partial charge in [0.1, 0.15) is 0 Å². The maximum atomic E-state index is 14.5. The monoisotopic (exact) mass is 470 g/mol. The lowest BCUT2D eigenvalue weighted by atomic mass is 9.66. The molecule has 1 nitrogen and oxygen atoms in total. The first-order valence-corrected chi connectivity index (χ1v) is 13.4. The highest BCUT2D eigenvalue weighted by molar-refractivity contribution is 6.20. The summed E-state index contributed by atoms with van der Waals surface area (Å²) in [6.45, 7) is 33.4. The fourth-order valence-corrected chi connectivity index (χ4v) is 6.36. The molecule has 1 aromatic rings. The second kappa shape index (κ2) is 9.57. The van der Waals surface area contributed by atoms with E-state index >= 15 is 0 Å². The standard InChI is InChI=1S/C34H46O/c1-14-18(4)29-30(24(10)34(11,12)13)22(8)27-17-19(5)28-21(7)25(15-2)20(6)26(16-3)31(28)23(9)32(27)33(29)35/h15,18,24H,2,8,14,16-17H2,1,3-7,9-13H3. The summed E-state index contributed by atoms with van der Waals surface area (Å²) in [5.41, 5.74) is 12.9. The van der Waals surface area contributed by atoms with Gasteiger partial charge in [0, 0.05) is 11.1 Å². The summed E-state index contributed by atoms with van der Waals surface area (Å²) in [6, 6.07) is 0. The number of hydrogen-bond acceptors (Lipinski definition) is 1. The molecule has 0 radical (unpaired) electrons. The molecular formula is C34H46O. The highest BCUT2D eigenvalue weighted by Crippen LogP contribution is 2.47. The molecule has 2 unspecified atom stereocenters. The molecule has 1 heteroatoms. The van der Waals surface area contributed by atoms with Crippen LogP contribution in [-0.4, -0.2) is 5.78 Å². The number of allylic oxidation sites excluding steroid dienone is 5. The number of fused-ring (bicyclic) bond motifs is 1. The van der Waals surface area contributed by atoms with E-state index in [9.17, 15) is 4.79 Å². The molecule has 188 valence electrons. The summed E-state index contributed by atoms with van der Waals surface area (Å²) in [6.07, 6.45) is 4.64. The molecular weight excluding hydrogens is 424 g/mol. The quantitative estimate of drug-likeness (QED) is 0.430. The van der Waals surface area contributed by atoms with Crippen LogP contribution in [0, 0.1) is 31.1 Å². The average molecular weight is 471 g/mol. The predicted octanol–water partition coefficient (Wildman–Crippen LogP) is 7.71. The van der Waals surface area contributed by atoms with Crippen LogP contribution in [0.5, 0.6) is 0 Å². The van der Waals surface area contributed by atoms with Gasteiger partial charge in [0.2, 0.25) is 0 Å². The maximum Gasteiger partial charge on any atom is 0.190 e. The fourth-order valence-electron chi connectivity index (χ4n) is 6.36. The normalized spacial score (nSPS) is 18.5. The summed E-state index contributed by atoms with van der Waals surface area (Å²) in [5, 5.41) is 2.58. The van der Waals surface area contributed by atoms with Crippen molar-refractivity contribution in [1.29, 1.82) is 0 Å². The minimum Gasteiger partial charge on any atom is -0.289 e. The van der Waals surface area contributed by atoms with Gasteiger partial charge in [-0.3, -0.25) is 4.79 Å². The molecule has 2 aliphatic rings. The van der Waals surface area contributed by atoms with Crippen LogP contribution in [0.1, 0.15) is 97.4 Å². The molecule has 0 aliphatic heterocycles. The Balaban J connectivity index is 2.51. The van der Waals surface area contributed by atoms with Gasteiger partial charge in [-0.15, -0.1) is 0 Å². The molecule has 0 bridgehead atoms. The van der Waals surface area contributed by atoms with Crippen molar-refractivity contribution in [3.8, 4) is 0 Å². The zero-order chi connectivity index (χ0) is 26.6. The van der Waals surface area contributed by atoms with E-state index in [1.54, 1.807) is 0 Å². The Morgan fingerprint density at radius 2 is 1.57 bits per heavy atom. The van der Waals surface area contributed by atoms with Crippen molar-refractivity contribution >= 4 is 23.0 Å². The lowest BCUT2D eigenvalue weighted by Crippen LogP contribution is -2.37. The first-order chi connectivity index (χ1) is 16.2. The van der Waals surface area contributed by atoms with Gasteiger partial charge in [-0.2, -0.15) is 0 Å². The Hall–Kier alpha value is -2.41. The van der Waals surface area contributed by atoms with Crippen LogP contribution in [-0.2, 0) is 11.2 Å². The highest BCUT2D eigenvalue weighted by Gasteiger charge is 2.39. The van der Waals surface area contributed by atoms with Gasteiger partial charge in [-0.05, 0) is 119 Å². The molecule has 2 atom stereocenters. The first-order valence-electron chi connectivity index (χ1n) is 13.4. The minimum absolute atomic E-state index is 0.0441. The number of hydrogen-bond donors (Lipinski definition) is 0. The molecule has 35 heavy (non-hydrogen) atoms. The SMILES string of the molecule is C=Cc1c(C)c(CC)c2c(c1C)=C(C)CC1=C(C(=O)C(C(C)CC)=C(C(C)C(C)(C)C)C1=C)C=2C. The third kappa shape index (κ3) is 4.15. The van der Waals surface area contributed by atoms with Gasteiger partial charge in [0.15, 0.2) is 5.78 Å². The maximum absolute atomic E-state index is 14.5. The zero-order valence-electron chi connectivity index (χ0n) is 24.2. The molecule has 0 saturated heterocycles. The van der Waals surface area contributed by atoms with E-state index in [-0.39, 0.29) is 23.0 Å². The molecule has 1 aromatic carbocycles. The summed E-state index contributed by atoms with van der Waals surface area (Å²) in [5.74, 6) is 0.674. The van der Waals surface area contributed by atoms with E-state index in [1.807, 2.05) is 6.08 Å². The molecule has 0 saturated carbocycles. The van der Waals surface area contributed by atoms with Crippen molar-refractivity contribution in [2.75, 3.05) is 0 Å². The van der Waals surface area contributed by atoms with Gasteiger partial charge >= 0.3 is 0 Å². The summed E-state index contributed by atoms with van der Waals surface area (Å²) in [7, 11) is 0. The van der Waals surface area contributed by atoms with E-state index < -0.39 is 0 Å². The van der Waals surface area contributed by atoms with Crippen LogP contribution in [0.2, 0.25) is 0 Å². The van der Waals surface area contributed by atoms with Crippen molar-refractivity contribution in [1.82, 2.24) is 0 Å². The Labute approximate surface area is 214 Å². The van der Waals surface area contributed by atoms with E-state index in [4.69, 9.17) is 6.58 Å². The van der Waals surface area contributed by atoms with Crippen molar-refractivity contribution in [2.45, 2.75) is 95.4 Å². The molecule has 0 spiro atoms. The number of carbonyl (C=O) groups excluding carboxylic acids is 1. The van der Waals surface area contributed by atoms with E-state index in [2.05, 4.69) is 82.7 Å². The number of carbonyl (C=O) groups is 1. The molecule has 3 rings (SSSR count). The van der Waals surface area contributed by atoms with Crippen LogP contribution in [0.25, 0.3) is 17.2 Å².